The Kier molecular flexibility index (Phi) is 4.16. The highest BCUT2D eigenvalue weighted by Gasteiger charge is 1.98. The molecular formula is C10H15ClN2. The van der Waals surface area contributed by atoms with Crippen LogP contribution in [0.25, 0.3) is 0 Å². The minimum absolute atomic E-state index is 0.727. The van der Waals surface area contributed by atoms with E-state index in [1.165, 1.54) is 0 Å². The van der Waals surface area contributed by atoms with Crippen LogP contribution >= 0.6 is 11.6 Å². The van der Waals surface area contributed by atoms with Crippen LogP contribution in [-0.4, -0.2) is 15.8 Å². The molecule has 0 aliphatic rings. The van der Waals surface area contributed by atoms with E-state index < -0.39 is 0 Å². The Balaban J connectivity index is 2.56. The van der Waals surface area contributed by atoms with Gasteiger partial charge in [-0.2, -0.15) is 0 Å². The van der Waals surface area contributed by atoms with Gasteiger partial charge >= 0.3 is 0 Å². The Bertz CT molecular complexity index is 253. The maximum Gasteiger partial charge on any atom is 0.128 e. The van der Waals surface area contributed by atoms with E-state index in [-0.39, 0.29) is 0 Å². The lowest BCUT2D eigenvalue weighted by molar-refractivity contribution is 0.746. The van der Waals surface area contributed by atoms with Crippen LogP contribution in [-0.2, 0) is 6.42 Å². The molecule has 13 heavy (non-hydrogen) atoms. The maximum atomic E-state index is 5.59. The summed E-state index contributed by atoms with van der Waals surface area (Å²) < 4.78 is 0. The van der Waals surface area contributed by atoms with Crippen molar-refractivity contribution in [2.45, 2.75) is 33.1 Å². The number of rotatable bonds is 4. The van der Waals surface area contributed by atoms with Crippen LogP contribution in [0.15, 0.2) is 6.07 Å². The predicted molar refractivity (Wildman–Crippen MR) is 55.2 cm³/mol. The average molecular weight is 199 g/mol. The van der Waals surface area contributed by atoms with E-state index in [0.29, 0.717) is 0 Å². The summed E-state index contributed by atoms with van der Waals surface area (Å²) in [5.41, 5.74) is 2.10. The summed E-state index contributed by atoms with van der Waals surface area (Å²) >= 11 is 5.59. The van der Waals surface area contributed by atoms with Gasteiger partial charge in [0.15, 0.2) is 0 Å². The van der Waals surface area contributed by atoms with Crippen LogP contribution in [0.1, 0.15) is 30.1 Å². The topological polar surface area (TPSA) is 25.8 Å². The molecule has 0 saturated carbocycles. The van der Waals surface area contributed by atoms with Crippen molar-refractivity contribution in [2.75, 3.05) is 5.88 Å². The fraction of sp³-hybridized carbons (Fsp3) is 0.600. The Morgan fingerprint density at radius 3 is 2.31 bits per heavy atom. The molecule has 3 heteroatoms. The lowest BCUT2D eigenvalue weighted by Crippen LogP contribution is -1.99. The lowest BCUT2D eigenvalue weighted by Gasteiger charge is -2.01. The van der Waals surface area contributed by atoms with Gasteiger partial charge in [0.1, 0.15) is 5.82 Å². The molecule has 0 aliphatic carbocycles. The van der Waals surface area contributed by atoms with E-state index in [1.54, 1.807) is 0 Å². The largest absolute Gasteiger partial charge is 0.238 e. The molecule has 0 N–H and O–H groups in total. The van der Waals surface area contributed by atoms with Crippen molar-refractivity contribution in [1.82, 2.24) is 9.97 Å². The molecule has 1 rings (SSSR count). The predicted octanol–water partition coefficient (Wildman–Crippen LogP) is 2.65. The summed E-state index contributed by atoms with van der Waals surface area (Å²) in [4.78, 5) is 8.70. The standard InChI is InChI=1S/C10H15ClN2/c1-8-7-9(2)13-10(12-8)5-3-4-6-11/h7H,3-6H2,1-2H3. The first kappa shape index (κ1) is 10.5. The van der Waals surface area contributed by atoms with Crippen molar-refractivity contribution in [3.05, 3.63) is 23.3 Å². The van der Waals surface area contributed by atoms with E-state index in [4.69, 9.17) is 11.6 Å². The Morgan fingerprint density at radius 2 is 1.77 bits per heavy atom. The number of halogens is 1. The summed E-state index contributed by atoms with van der Waals surface area (Å²) in [6.45, 7) is 4.00. The molecule has 0 radical (unpaired) electrons. The number of hydrogen-bond donors (Lipinski definition) is 0. The van der Waals surface area contributed by atoms with Gasteiger partial charge in [-0.05, 0) is 32.8 Å². The Labute approximate surface area is 84.4 Å². The first-order valence-electron chi connectivity index (χ1n) is 4.59. The Hall–Kier alpha value is -0.630. The first-order chi connectivity index (χ1) is 6.22. The van der Waals surface area contributed by atoms with Gasteiger partial charge in [0.2, 0.25) is 0 Å². The minimum atomic E-state index is 0.727. The SMILES string of the molecule is Cc1cc(C)nc(CCCCCl)n1. The molecule has 0 aliphatic heterocycles. The van der Waals surface area contributed by atoms with Crippen LogP contribution in [0.3, 0.4) is 0 Å². The van der Waals surface area contributed by atoms with Gasteiger partial charge in [-0.15, -0.1) is 11.6 Å². The summed E-state index contributed by atoms with van der Waals surface area (Å²) in [6.07, 6.45) is 3.06. The second-order valence-electron chi connectivity index (χ2n) is 3.21. The molecule has 2 nitrogen and oxygen atoms in total. The molecule has 0 bridgehead atoms. The van der Waals surface area contributed by atoms with Crippen molar-refractivity contribution in [3.63, 3.8) is 0 Å². The maximum absolute atomic E-state index is 5.59. The first-order valence-corrected chi connectivity index (χ1v) is 5.13. The zero-order valence-corrected chi connectivity index (χ0v) is 8.93. The third kappa shape index (κ3) is 3.73. The van der Waals surface area contributed by atoms with Crippen LogP contribution in [0.4, 0.5) is 0 Å². The molecule has 1 heterocycles. The quantitative estimate of drug-likeness (QED) is 0.549. The van der Waals surface area contributed by atoms with Gasteiger partial charge < -0.3 is 0 Å². The summed E-state index contributed by atoms with van der Waals surface area (Å²) in [5, 5.41) is 0. The molecule has 1 aromatic rings. The van der Waals surface area contributed by atoms with Crippen LogP contribution in [0.2, 0.25) is 0 Å². The van der Waals surface area contributed by atoms with Crippen molar-refractivity contribution >= 4 is 11.6 Å². The number of aromatic nitrogens is 2. The molecule has 0 atom stereocenters. The van der Waals surface area contributed by atoms with Crippen molar-refractivity contribution in [2.24, 2.45) is 0 Å². The van der Waals surface area contributed by atoms with Gasteiger partial charge in [0, 0.05) is 23.7 Å². The molecule has 0 spiro atoms. The van der Waals surface area contributed by atoms with Gasteiger partial charge in [0.05, 0.1) is 0 Å². The fourth-order valence-electron chi connectivity index (χ4n) is 1.29. The normalized spacial score (nSPS) is 10.4. The molecule has 0 aromatic carbocycles. The van der Waals surface area contributed by atoms with E-state index in [2.05, 4.69) is 9.97 Å². The van der Waals surface area contributed by atoms with Crippen LogP contribution in [0, 0.1) is 13.8 Å². The highest BCUT2D eigenvalue weighted by molar-refractivity contribution is 6.17. The molecule has 0 saturated heterocycles. The summed E-state index contributed by atoms with van der Waals surface area (Å²) in [6, 6.07) is 1.99. The molecule has 1 aromatic heterocycles. The highest BCUT2D eigenvalue weighted by atomic mass is 35.5. The van der Waals surface area contributed by atoms with Crippen molar-refractivity contribution < 1.29 is 0 Å². The van der Waals surface area contributed by atoms with E-state index in [0.717, 1.165) is 42.4 Å². The minimum Gasteiger partial charge on any atom is -0.238 e. The number of alkyl halides is 1. The number of hydrogen-bond acceptors (Lipinski definition) is 2. The number of nitrogens with zero attached hydrogens (tertiary/aromatic N) is 2. The van der Waals surface area contributed by atoms with E-state index in [1.807, 2.05) is 19.9 Å². The van der Waals surface area contributed by atoms with Crippen LogP contribution in [0.5, 0.6) is 0 Å². The zero-order chi connectivity index (χ0) is 9.68. The number of unbranched alkanes of at least 4 members (excludes halogenated alkanes) is 1. The monoisotopic (exact) mass is 198 g/mol. The fourth-order valence-corrected chi connectivity index (χ4v) is 1.48. The van der Waals surface area contributed by atoms with Gasteiger partial charge in [-0.25, -0.2) is 9.97 Å². The molecule has 0 amide bonds. The molecular weight excluding hydrogens is 184 g/mol. The second-order valence-corrected chi connectivity index (χ2v) is 3.59. The smallest absolute Gasteiger partial charge is 0.128 e. The van der Waals surface area contributed by atoms with Gasteiger partial charge in [-0.1, -0.05) is 0 Å². The van der Waals surface area contributed by atoms with Crippen LogP contribution < -0.4 is 0 Å². The third-order valence-corrected chi connectivity index (χ3v) is 2.08. The Morgan fingerprint density at radius 1 is 1.15 bits per heavy atom. The lowest BCUT2D eigenvalue weighted by atomic mass is 10.2. The molecule has 72 valence electrons. The summed E-state index contributed by atoms with van der Waals surface area (Å²) in [5.74, 6) is 1.67. The van der Waals surface area contributed by atoms with Gasteiger partial charge in [-0.3, -0.25) is 0 Å². The molecule has 0 fully saturated rings. The number of aryl methyl sites for hydroxylation is 3. The van der Waals surface area contributed by atoms with E-state index in [9.17, 15) is 0 Å². The van der Waals surface area contributed by atoms with E-state index >= 15 is 0 Å². The highest BCUT2D eigenvalue weighted by Crippen LogP contribution is 2.03. The average Bonchev–Trinajstić information content (AvgIpc) is 2.03. The van der Waals surface area contributed by atoms with Gasteiger partial charge in [0.25, 0.3) is 0 Å². The molecule has 0 unspecified atom stereocenters. The third-order valence-electron chi connectivity index (χ3n) is 1.81. The van der Waals surface area contributed by atoms with Crippen molar-refractivity contribution in [3.8, 4) is 0 Å². The van der Waals surface area contributed by atoms with Crippen molar-refractivity contribution in [1.29, 1.82) is 0 Å². The summed E-state index contributed by atoms with van der Waals surface area (Å²) in [7, 11) is 0. The zero-order valence-electron chi connectivity index (χ0n) is 8.18. The second kappa shape index (κ2) is 5.18.